The monoisotopic (exact) mass is 173 g/mol. The second kappa shape index (κ2) is 10.6. The first-order valence-corrected chi connectivity index (χ1v) is 5.05. The minimum atomic E-state index is -0.177. The van der Waals surface area contributed by atoms with Crippen molar-refractivity contribution in [3.63, 3.8) is 0 Å². The van der Waals surface area contributed by atoms with Crippen LogP contribution in [0, 0.1) is 5.92 Å². The van der Waals surface area contributed by atoms with E-state index in [-0.39, 0.29) is 6.04 Å². The highest BCUT2D eigenvalue weighted by atomic mass is 16.1. The van der Waals surface area contributed by atoms with Crippen molar-refractivity contribution in [2.75, 3.05) is 0 Å². The molecule has 1 saturated carbocycles. The maximum Gasteiger partial charge on any atom is 0.136 e. The van der Waals surface area contributed by atoms with Crippen molar-refractivity contribution in [2.24, 2.45) is 11.7 Å². The van der Waals surface area contributed by atoms with Gasteiger partial charge in [-0.05, 0) is 18.8 Å². The lowest BCUT2D eigenvalue weighted by Crippen LogP contribution is -2.35. The van der Waals surface area contributed by atoms with Crippen LogP contribution in [-0.4, -0.2) is 12.3 Å². The molecule has 1 aliphatic carbocycles. The summed E-state index contributed by atoms with van der Waals surface area (Å²) < 4.78 is 0. The Bertz CT molecular complexity index is 89.8. The summed E-state index contributed by atoms with van der Waals surface area (Å²) in [6, 6.07) is -0.177. The van der Waals surface area contributed by atoms with Gasteiger partial charge >= 0.3 is 0 Å². The van der Waals surface area contributed by atoms with Gasteiger partial charge in [-0.25, -0.2) is 0 Å². The fourth-order valence-corrected chi connectivity index (χ4v) is 0.936. The van der Waals surface area contributed by atoms with Gasteiger partial charge in [0.2, 0.25) is 0 Å². The van der Waals surface area contributed by atoms with Crippen LogP contribution in [-0.2, 0) is 4.79 Å². The third kappa shape index (κ3) is 5.30. The first-order chi connectivity index (χ1) is 5.84. The van der Waals surface area contributed by atoms with Gasteiger partial charge in [0.05, 0.1) is 6.04 Å². The zero-order valence-electron chi connectivity index (χ0n) is 8.84. The molecule has 2 heteroatoms. The number of carbonyl (C=O) groups excluding carboxylic acids is 1. The molecule has 0 aromatic rings. The Morgan fingerprint density at radius 3 is 1.75 bits per heavy atom. The molecule has 74 valence electrons. The lowest BCUT2D eigenvalue weighted by molar-refractivity contribution is -0.110. The molecule has 0 heterocycles. The number of hydrogen-bond acceptors (Lipinski definition) is 2. The van der Waals surface area contributed by atoms with Crippen LogP contribution in [0.3, 0.4) is 0 Å². The minimum Gasteiger partial charge on any atom is -0.322 e. The van der Waals surface area contributed by atoms with Gasteiger partial charge in [-0.1, -0.05) is 34.1 Å². The van der Waals surface area contributed by atoms with Crippen LogP contribution < -0.4 is 5.73 Å². The fourth-order valence-electron chi connectivity index (χ4n) is 0.936. The Kier molecular flexibility index (Phi) is 12.6. The maximum absolute atomic E-state index is 10.0. The molecule has 2 N–H and O–H groups in total. The molecule has 0 radical (unpaired) electrons. The standard InChI is InChI=1S/C6H11NO.2C2H6/c7-6(4-8)5-2-1-3-5;2*1-2/h4-6H,1-3,7H2;2*1-2H3. The van der Waals surface area contributed by atoms with Crippen molar-refractivity contribution in [3.8, 4) is 0 Å². The van der Waals surface area contributed by atoms with E-state index in [0.717, 1.165) is 19.1 Å². The average Bonchev–Trinajstić information content (AvgIpc) is 2.08. The molecule has 2 nitrogen and oxygen atoms in total. The lowest BCUT2D eigenvalue weighted by atomic mass is 9.81. The van der Waals surface area contributed by atoms with E-state index in [2.05, 4.69) is 0 Å². The molecule has 1 atom stereocenters. The van der Waals surface area contributed by atoms with Crippen molar-refractivity contribution in [2.45, 2.75) is 53.0 Å². The van der Waals surface area contributed by atoms with Gasteiger partial charge in [0.25, 0.3) is 0 Å². The van der Waals surface area contributed by atoms with E-state index in [9.17, 15) is 4.79 Å². The SMILES string of the molecule is CC.CC.NC(C=O)C1CCC1. The predicted octanol–water partition coefficient (Wildman–Crippen LogP) is 2.37. The number of carbonyl (C=O) groups is 1. The third-order valence-corrected chi connectivity index (χ3v) is 1.85. The zero-order chi connectivity index (χ0) is 9.98. The number of rotatable bonds is 2. The summed E-state index contributed by atoms with van der Waals surface area (Å²) in [5.41, 5.74) is 5.41. The molecule has 0 bridgehead atoms. The summed E-state index contributed by atoms with van der Waals surface area (Å²) in [4.78, 5) is 10.0. The van der Waals surface area contributed by atoms with E-state index in [1.165, 1.54) is 6.42 Å². The number of aldehydes is 1. The van der Waals surface area contributed by atoms with Crippen molar-refractivity contribution < 1.29 is 4.79 Å². The van der Waals surface area contributed by atoms with E-state index >= 15 is 0 Å². The Balaban J connectivity index is 0. The second-order valence-corrected chi connectivity index (χ2v) is 2.40. The van der Waals surface area contributed by atoms with Crippen molar-refractivity contribution in [1.82, 2.24) is 0 Å². The molecule has 1 rings (SSSR count). The Morgan fingerprint density at radius 2 is 1.67 bits per heavy atom. The summed E-state index contributed by atoms with van der Waals surface area (Å²) in [5, 5.41) is 0. The normalized spacial score (nSPS) is 17.1. The van der Waals surface area contributed by atoms with Gasteiger partial charge < -0.3 is 10.5 Å². The van der Waals surface area contributed by atoms with Crippen LogP contribution in [0.5, 0.6) is 0 Å². The molecular weight excluding hydrogens is 150 g/mol. The molecule has 0 aromatic heterocycles. The first kappa shape index (κ1) is 14.2. The van der Waals surface area contributed by atoms with E-state index in [1.807, 2.05) is 27.7 Å². The van der Waals surface area contributed by atoms with Crippen LogP contribution in [0.25, 0.3) is 0 Å². The first-order valence-electron chi connectivity index (χ1n) is 5.05. The average molecular weight is 173 g/mol. The number of nitrogens with two attached hydrogens (primary N) is 1. The Hall–Kier alpha value is -0.370. The highest BCUT2D eigenvalue weighted by Crippen LogP contribution is 2.27. The Morgan fingerprint density at radius 1 is 1.25 bits per heavy atom. The highest BCUT2D eigenvalue weighted by Gasteiger charge is 2.23. The summed E-state index contributed by atoms with van der Waals surface area (Å²) in [5.74, 6) is 0.507. The van der Waals surface area contributed by atoms with Crippen LogP contribution in [0.15, 0.2) is 0 Å². The molecule has 0 spiro atoms. The van der Waals surface area contributed by atoms with Crippen LogP contribution >= 0.6 is 0 Å². The van der Waals surface area contributed by atoms with E-state index in [1.54, 1.807) is 0 Å². The van der Waals surface area contributed by atoms with Crippen molar-refractivity contribution in [1.29, 1.82) is 0 Å². The third-order valence-electron chi connectivity index (χ3n) is 1.85. The molecular formula is C10H23NO. The van der Waals surface area contributed by atoms with Gasteiger partial charge in [0, 0.05) is 0 Å². The van der Waals surface area contributed by atoms with Gasteiger partial charge in [-0.3, -0.25) is 0 Å². The van der Waals surface area contributed by atoms with E-state index in [4.69, 9.17) is 5.73 Å². The summed E-state index contributed by atoms with van der Waals surface area (Å²) in [6.07, 6.45) is 4.41. The van der Waals surface area contributed by atoms with Crippen LogP contribution in [0.2, 0.25) is 0 Å². The van der Waals surface area contributed by atoms with E-state index in [0.29, 0.717) is 5.92 Å². The largest absolute Gasteiger partial charge is 0.322 e. The van der Waals surface area contributed by atoms with Crippen molar-refractivity contribution in [3.05, 3.63) is 0 Å². The van der Waals surface area contributed by atoms with Crippen LogP contribution in [0.4, 0.5) is 0 Å². The molecule has 0 amide bonds. The smallest absolute Gasteiger partial charge is 0.136 e. The molecule has 1 unspecified atom stereocenters. The summed E-state index contributed by atoms with van der Waals surface area (Å²) in [6.45, 7) is 8.00. The highest BCUT2D eigenvalue weighted by molar-refractivity contribution is 5.57. The van der Waals surface area contributed by atoms with Gasteiger partial charge in [-0.2, -0.15) is 0 Å². The molecule has 0 aliphatic heterocycles. The predicted molar refractivity (Wildman–Crippen MR) is 54.1 cm³/mol. The fraction of sp³-hybridized carbons (Fsp3) is 0.900. The second-order valence-electron chi connectivity index (χ2n) is 2.40. The molecule has 0 saturated heterocycles. The minimum absolute atomic E-state index is 0.177. The topological polar surface area (TPSA) is 43.1 Å². The number of hydrogen-bond donors (Lipinski definition) is 1. The Labute approximate surface area is 76.5 Å². The lowest BCUT2D eigenvalue weighted by Gasteiger charge is -2.27. The van der Waals surface area contributed by atoms with Gasteiger partial charge in [0.15, 0.2) is 0 Å². The molecule has 1 aliphatic rings. The van der Waals surface area contributed by atoms with Gasteiger partial charge in [-0.15, -0.1) is 0 Å². The summed E-state index contributed by atoms with van der Waals surface area (Å²) in [7, 11) is 0. The summed E-state index contributed by atoms with van der Waals surface area (Å²) >= 11 is 0. The zero-order valence-corrected chi connectivity index (χ0v) is 8.84. The molecule has 1 fully saturated rings. The van der Waals surface area contributed by atoms with Crippen LogP contribution in [0.1, 0.15) is 47.0 Å². The van der Waals surface area contributed by atoms with E-state index < -0.39 is 0 Å². The maximum atomic E-state index is 10.0. The van der Waals surface area contributed by atoms with Gasteiger partial charge in [0.1, 0.15) is 6.29 Å². The van der Waals surface area contributed by atoms with Crippen molar-refractivity contribution >= 4 is 6.29 Å². The molecule has 0 aromatic carbocycles. The molecule has 12 heavy (non-hydrogen) atoms. The quantitative estimate of drug-likeness (QED) is 0.651.